The molecule has 9 heavy (non-hydrogen) atoms. The van der Waals surface area contributed by atoms with Crippen molar-refractivity contribution in [2.24, 2.45) is 0 Å². The summed E-state index contributed by atoms with van der Waals surface area (Å²) in [6, 6.07) is 0. The molecule has 0 saturated heterocycles. The summed E-state index contributed by atoms with van der Waals surface area (Å²) in [5.74, 6) is 4.59. The molecule has 50 valence electrons. The summed E-state index contributed by atoms with van der Waals surface area (Å²) in [4.78, 5) is 0. The molecule has 0 spiro atoms. The molecule has 0 radical (unpaired) electrons. The predicted molar refractivity (Wildman–Crippen MR) is 45.6 cm³/mol. The Hall–Kier alpha value is -0.350. The maximum absolute atomic E-state index is 5.05. The molecular weight excluding hydrogens is 128 g/mol. The highest BCUT2D eigenvalue weighted by atomic mass is 32.2. The zero-order chi connectivity index (χ0) is 6.95. The van der Waals surface area contributed by atoms with E-state index < -0.39 is 0 Å². The molecule has 0 aliphatic carbocycles. The largest absolute Gasteiger partial charge is 0.149 e. The van der Waals surface area contributed by atoms with E-state index in [1.165, 1.54) is 6.42 Å². The number of rotatable bonds is 5. The summed E-state index contributed by atoms with van der Waals surface area (Å²) in [5.41, 5.74) is 0. The molecule has 0 aliphatic rings. The molecule has 1 heteroatoms. The monoisotopic (exact) mass is 140 g/mol. The molecular formula is C8H12S. The minimum absolute atomic E-state index is 0.844. The molecule has 0 atom stereocenters. The summed E-state index contributed by atoms with van der Waals surface area (Å²) in [6.07, 6.45) is 9.31. The van der Waals surface area contributed by atoms with Crippen molar-refractivity contribution < 1.29 is 0 Å². The van der Waals surface area contributed by atoms with Crippen molar-refractivity contribution in [1.29, 1.82) is 0 Å². The minimum atomic E-state index is 0.844. The highest BCUT2D eigenvalue weighted by Crippen LogP contribution is 2.02. The van der Waals surface area contributed by atoms with Crippen LogP contribution in [0.4, 0.5) is 0 Å². The van der Waals surface area contributed by atoms with Crippen LogP contribution >= 0.6 is 11.8 Å². The van der Waals surface area contributed by atoms with Crippen LogP contribution in [0.25, 0.3) is 0 Å². The number of thioether (sulfide) groups is 1. The van der Waals surface area contributed by atoms with Crippen LogP contribution in [0.3, 0.4) is 0 Å². The third kappa shape index (κ3) is 7.65. The van der Waals surface area contributed by atoms with E-state index in [1.807, 2.05) is 17.8 Å². The van der Waals surface area contributed by atoms with E-state index >= 15 is 0 Å². The zero-order valence-electron chi connectivity index (χ0n) is 5.60. The molecule has 0 aliphatic heterocycles. The summed E-state index contributed by atoms with van der Waals surface area (Å²) in [6.45, 7) is 3.63. The molecule has 0 saturated carbocycles. The molecule has 0 N–H and O–H groups in total. The average Bonchev–Trinajstić information content (AvgIpc) is 1.89. The van der Waals surface area contributed by atoms with Gasteiger partial charge in [-0.15, -0.1) is 24.8 Å². The maximum Gasteiger partial charge on any atom is 0.0544 e. The van der Waals surface area contributed by atoms with Crippen LogP contribution in [0.15, 0.2) is 12.7 Å². The summed E-state index contributed by atoms with van der Waals surface area (Å²) >= 11 is 1.81. The van der Waals surface area contributed by atoms with Gasteiger partial charge in [-0.1, -0.05) is 12.0 Å². The Morgan fingerprint density at radius 3 is 3.00 bits per heavy atom. The van der Waals surface area contributed by atoms with E-state index in [9.17, 15) is 0 Å². The molecule has 0 amide bonds. The second kappa shape index (κ2) is 7.65. The second-order valence-electron chi connectivity index (χ2n) is 1.69. The van der Waals surface area contributed by atoms with Gasteiger partial charge in [0.1, 0.15) is 0 Å². The summed E-state index contributed by atoms with van der Waals surface area (Å²) in [7, 11) is 0. The predicted octanol–water partition coefficient (Wildman–Crippen LogP) is 2.32. The first-order chi connectivity index (χ1) is 4.41. The first kappa shape index (κ1) is 8.65. The van der Waals surface area contributed by atoms with Crippen molar-refractivity contribution in [2.75, 3.05) is 11.5 Å². The average molecular weight is 140 g/mol. The lowest BCUT2D eigenvalue weighted by molar-refractivity contribution is 0.975. The summed E-state index contributed by atoms with van der Waals surface area (Å²) < 4.78 is 0. The summed E-state index contributed by atoms with van der Waals surface area (Å²) in [5, 5.41) is 0. The Labute approximate surface area is 61.7 Å². The van der Waals surface area contributed by atoms with Gasteiger partial charge in [0, 0.05) is 0 Å². The molecule has 0 aromatic heterocycles. The molecule has 0 aromatic carbocycles. The van der Waals surface area contributed by atoms with Crippen molar-refractivity contribution in [3.63, 3.8) is 0 Å². The molecule has 0 aromatic rings. The lowest BCUT2D eigenvalue weighted by atomic mass is 10.3. The first-order valence-corrected chi connectivity index (χ1v) is 4.19. The van der Waals surface area contributed by atoms with Crippen molar-refractivity contribution in [3.8, 4) is 12.3 Å². The van der Waals surface area contributed by atoms with Gasteiger partial charge >= 0.3 is 0 Å². The van der Waals surface area contributed by atoms with Crippen LogP contribution in [-0.2, 0) is 0 Å². The quantitative estimate of drug-likeness (QED) is 0.321. The van der Waals surface area contributed by atoms with Gasteiger partial charge in [-0.3, -0.25) is 0 Å². The minimum Gasteiger partial charge on any atom is -0.149 e. The smallest absolute Gasteiger partial charge is 0.0544 e. The highest BCUT2D eigenvalue weighted by Gasteiger charge is 1.82. The Morgan fingerprint density at radius 2 is 2.44 bits per heavy atom. The van der Waals surface area contributed by atoms with Gasteiger partial charge in [-0.2, -0.15) is 0 Å². The number of hydrogen-bond donors (Lipinski definition) is 0. The van der Waals surface area contributed by atoms with Crippen molar-refractivity contribution in [2.45, 2.75) is 12.8 Å². The van der Waals surface area contributed by atoms with Crippen molar-refractivity contribution >= 4 is 11.8 Å². The van der Waals surface area contributed by atoms with E-state index in [1.54, 1.807) is 0 Å². The third-order valence-corrected chi connectivity index (χ3v) is 1.83. The van der Waals surface area contributed by atoms with Crippen LogP contribution < -0.4 is 0 Å². The van der Waals surface area contributed by atoms with Gasteiger partial charge in [-0.25, -0.2) is 0 Å². The molecule has 0 unspecified atom stereocenters. The molecule has 0 heterocycles. The highest BCUT2D eigenvalue weighted by molar-refractivity contribution is 7.99. The van der Waals surface area contributed by atoms with Crippen molar-refractivity contribution in [3.05, 3.63) is 12.7 Å². The van der Waals surface area contributed by atoms with Gasteiger partial charge in [0.2, 0.25) is 0 Å². The fraction of sp³-hybridized carbons (Fsp3) is 0.500. The standard InChI is InChI=1S/C8H12S/c1-3-5-6-8-9-7-4-2/h2-3H,1,5-8H2. The Kier molecular flexibility index (Phi) is 7.35. The van der Waals surface area contributed by atoms with Gasteiger partial charge in [0.15, 0.2) is 0 Å². The van der Waals surface area contributed by atoms with Gasteiger partial charge < -0.3 is 0 Å². The van der Waals surface area contributed by atoms with Crippen LogP contribution in [0.1, 0.15) is 12.8 Å². The normalized spacial score (nSPS) is 8.33. The SMILES string of the molecule is C#CCSCCCC=C. The van der Waals surface area contributed by atoms with Gasteiger partial charge in [-0.05, 0) is 18.6 Å². The lowest BCUT2D eigenvalue weighted by Gasteiger charge is -1.91. The van der Waals surface area contributed by atoms with Crippen LogP contribution in [0, 0.1) is 12.3 Å². The number of terminal acetylenes is 1. The first-order valence-electron chi connectivity index (χ1n) is 3.04. The van der Waals surface area contributed by atoms with Gasteiger partial charge in [0.05, 0.1) is 5.75 Å². The third-order valence-electron chi connectivity index (χ3n) is 0.882. The molecule has 0 nitrogen and oxygen atoms in total. The van der Waals surface area contributed by atoms with Crippen LogP contribution in [-0.4, -0.2) is 11.5 Å². The maximum atomic E-state index is 5.05. The van der Waals surface area contributed by atoms with E-state index in [-0.39, 0.29) is 0 Å². The Balaban J connectivity index is 2.76. The molecule has 0 fully saturated rings. The molecule has 0 bridgehead atoms. The van der Waals surface area contributed by atoms with Crippen LogP contribution in [0.5, 0.6) is 0 Å². The Bertz CT molecular complexity index is 99.6. The number of allylic oxidation sites excluding steroid dienone is 1. The van der Waals surface area contributed by atoms with Crippen LogP contribution in [0.2, 0.25) is 0 Å². The molecule has 0 rings (SSSR count). The van der Waals surface area contributed by atoms with E-state index in [0.29, 0.717) is 0 Å². The fourth-order valence-electron chi connectivity index (χ4n) is 0.461. The van der Waals surface area contributed by atoms with E-state index in [4.69, 9.17) is 6.42 Å². The fourth-order valence-corrected chi connectivity index (χ4v) is 1.09. The van der Waals surface area contributed by atoms with E-state index in [2.05, 4.69) is 12.5 Å². The topological polar surface area (TPSA) is 0 Å². The zero-order valence-corrected chi connectivity index (χ0v) is 6.41. The second-order valence-corrected chi connectivity index (χ2v) is 2.79. The lowest BCUT2D eigenvalue weighted by Crippen LogP contribution is -1.78. The number of unbranched alkanes of at least 4 members (excludes halogenated alkanes) is 1. The number of hydrogen-bond acceptors (Lipinski definition) is 1. The van der Waals surface area contributed by atoms with Crippen molar-refractivity contribution in [1.82, 2.24) is 0 Å². The van der Waals surface area contributed by atoms with E-state index in [0.717, 1.165) is 17.9 Å². The van der Waals surface area contributed by atoms with Gasteiger partial charge in [0.25, 0.3) is 0 Å². The Morgan fingerprint density at radius 1 is 1.67 bits per heavy atom.